The fourth-order valence-electron chi connectivity index (χ4n) is 2.88. The third-order valence-corrected chi connectivity index (χ3v) is 4.06. The number of nitrogens with zero attached hydrogens (tertiary/aromatic N) is 1. The number of benzene rings is 1. The number of carbonyl (C=O) groups excluding carboxylic acids is 1. The van der Waals surface area contributed by atoms with Crippen LogP contribution in [0.15, 0.2) is 36.5 Å². The minimum absolute atomic E-state index is 0.0107. The van der Waals surface area contributed by atoms with Gasteiger partial charge in [-0.3, -0.25) is 9.78 Å². The van der Waals surface area contributed by atoms with Crippen molar-refractivity contribution in [2.75, 3.05) is 6.61 Å². The van der Waals surface area contributed by atoms with Gasteiger partial charge in [0.1, 0.15) is 0 Å². The lowest BCUT2D eigenvalue weighted by Crippen LogP contribution is -2.34. The number of fused-ring (bicyclic) bond motifs is 1. The van der Waals surface area contributed by atoms with E-state index >= 15 is 0 Å². The lowest BCUT2D eigenvalue weighted by atomic mass is 9.98. The molecule has 1 aromatic carbocycles. The number of ether oxygens (including phenoxy) is 1. The Bertz CT molecular complexity index is 641. The van der Waals surface area contributed by atoms with E-state index in [4.69, 9.17) is 4.74 Å². The summed E-state index contributed by atoms with van der Waals surface area (Å²) in [6.45, 7) is 3.27. The molecule has 110 valence electrons. The van der Waals surface area contributed by atoms with E-state index in [0.717, 1.165) is 29.3 Å². The molecule has 3 rings (SSSR count). The Morgan fingerprint density at radius 1 is 1.43 bits per heavy atom. The van der Waals surface area contributed by atoms with Gasteiger partial charge in [-0.1, -0.05) is 25.1 Å². The van der Waals surface area contributed by atoms with Crippen molar-refractivity contribution in [1.29, 1.82) is 0 Å². The predicted molar refractivity (Wildman–Crippen MR) is 81.7 cm³/mol. The molecule has 1 fully saturated rings. The van der Waals surface area contributed by atoms with Crippen LogP contribution in [0.25, 0.3) is 10.9 Å². The standard InChI is InChI=1S/C17H20N2O2/c1-2-16-14(7-8-21-16)17(20)19-11-12-9-13-5-3-4-6-15(13)18-10-12/h3-6,9-10,14,16H,2,7-8,11H2,1H3,(H,19,20)/t14-,16+/m1/s1. The first-order valence-corrected chi connectivity index (χ1v) is 7.51. The van der Waals surface area contributed by atoms with Crippen LogP contribution in [0.1, 0.15) is 25.3 Å². The summed E-state index contributed by atoms with van der Waals surface area (Å²) in [5, 5.41) is 4.11. The van der Waals surface area contributed by atoms with Crippen LogP contribution in [0.3, 0.4) is 0 Å². The van der Waals surface area contributed by atoms with Crippen molar-refractivity contribution in [1.82, 2.24) is 10.3 Å². The molecule has 0 bridgehead atoms. The third-order valence-electron chi connectivity index (χ3n) is 4.06. The van der Waals surface area contributed by atoms with Gasteiger partial charge >= 0.3 is 0 Å². The Hall–Kier alpha value is -1.94. The summed E-state index contributed by atoms with van der Waals surface area (Å²) in [7, 11) is 0. The number of hydrogen-bond acceptors (Lipinski definition) is 3. The van der Waals surface area contributed by atoms with Crippen LogP contribution >= 0.6 is 0 Å². The van der Waals surface area contributed by atoms with E-state index in [1.54, 1.807) is 0 Å². The highest BCUT2D eigenvalue weighted by atomic mass is 16.5. The van der Waals surface area contributed by atoms with E-state index in [1.165, 1.54) is 0 Å². The van der Waals surface area contributed by atoms with Gasteiger partial charge in [-0.2, -0.15) is 0 Å². The SMILES string of the molecule is CC[C@@H]1OCC[C@H]1C(=O)NCc1cnc2ccccc2c1. The van der Waals surface area contributed by atoms with Gasteiger partial charge in [0, 0.05) is 24.7 Å². The highest BCUT2D eigenvalue weighted by molar-refractivity contribution is 5.80. The molecule has 1 N–H and O–H groups in total. The summed E-state index contributed by atoms with van der Waals surface area (Å²) in [6.07, 6.45) is 3.60. The van der Waals surface area contributed by atoms with Gasteiger partial charge < -0.3 is 10.1 Å². The number of nitrogens with one attached hydrogen (secondary N) is 1. The Balaban J connectivity index is 1.64. The summed E-state index contributed by atoms with van der Waals surface area (Å²) < 4.78 is 5.57. The van der Waals surface area contributed by atoms with Crippen LogP contribution in [0.5, 0.6) is 0 Å². The van der Waals surface area contributed by atoms with E-state index < -0.39 is 0 Å². The first kappa shape index (κ1) is 14.0. The van der Waals surface area contributed by atoms with Gasteiger partial charge in [-0.05, 0) is 30.5 Å². The number of carbonyl (C=O) groups is 1. The second-order valence-electron chi connectivity index (χ2n) is 5.47. The molecule has 1 amide bonds. The summed E-state index contributed by atoms with van der Waals surface area (Å²) in [5.41, 5.74) is 2.00. The maximum Gasteiger partial charge on any atom is 0.226 e. The van der Waals surface area contributed by atoms with Crippen LogP contribution < -0.4 is 5.32 Å². The fraction of sp³-hybridized carbons (Fsp3) is 0.412. The molecule has 4 heteroatoms. The van der Waals surface area contributed by atoms with Crippen molar-refractivity contribution in [3.05, 3.63) is 42.1 Å². The summed E-state index contributed by atoms with van der Waals surface area (Å²) in [4.78, 5) is 16.7. The van der Waals surface area contributed by atoms with Gasteiger partial charge in [-0.25, -0.2) is 0 Å². The number of pyridine rings is 1. The average Bonchev–Trinajstić information content (AvgIpc) is 3.01. The zero-order chi connectivity index (χ0) is 14.7. The smallest absolute Gasteiger partial charge is 0.226 e. The Morgan fingerprint density at radius 3 is 3.14 bits per heavy atom. The lowest BCUT2D eigenvalue weighted by Gasteiger charge is -2.16. The number of hydrogen-bond donors (Lipinski definition) is 1. The quantitative estimate of drug-likeness (QED) is 0.939. The Morgan fingerprint density at radius 2 is 2.29 bits per heavy atom. The van der Waals surface area contributed by atoms with Gasteiger partial charge in [0.2, 0.25) is 5.91 Å². The second kappa shape index (κ2) is 6.22. The molecule has 1 aliphatic rings. The number of rotatable bonds is 4. The van der Waals surface area contributed by atoms with E-state index in [9.17, 15) is 4.79 Å². The molecule has 0 aliphatic carbocycles. The molecule has 0 radical (unpaired) electrons. The van der Waals surface area contributed by atoms with Crippen LogP contribution in [0, 0.1) is 5.92 Å². The minimum Gasteiger partial charge on any atom is -0.377 e. The van der Waals surface area contributed by atoms with Crippen LogP contribution in [-0.4, -0.2) is 23.6 Å². The predicted octanol–water partition coefficient (Wildman–Crippen LogP) is 2.67. The van der Waals surface area contributed by atoms with Gasteiger partial charge in [0.15, 0.2) is 0 Å². The van der Waals surface area contributed by atoms with Crippen molar-refractivity contribution >= 4 is 16.8 Å². The first-order valence-electron chi connectivity index (χ1n) is 7.51. The largest absolute Gasteiger partial charge is 0.377 e. The Kier molecular flexibility index (Phi) is 4.15. The molecule has 4 nitrogen and oxygen atoms in total. The number of aromatic nitrogens is 1. The van der Waals surface area contributed by atoms with Crippen molar-refractivity contribution in [2.24, 2.45) is 5.92 Å². The van der Waals surface area contributed by atoms with Crippen molar-refractivity contribution < 1.29 is 9.53 Å². The molecule has 1 aromatic heterocycles. The monoisotopic (exact) mass is 284 g/mol. The molecule has 0 spiro atoms. The Labute approximate surface area is 124 Å². The lowest BCUT2D eigenvalue weighted by molar-refractivity contribution is -0.126. The molecule has 2 aromatic rings. The van der Waals surface area contributed by atoms with Gasteiger partial charge in [-0.15, -0.1) is 0 Å². The van der Waals surface area contributed by atoms with Crippen LogP contribution in [0.2, 0.25) is 0 Å². The first-order chi connectivity index (χ1) is 10.3. The molecule has 2 heterocycles. The normalized spacial score (nSPS) is 21.6. The van der Waals surface area contributed by atoms with Crippen molar-refractivity contribution in [3.8, 4) is 0 Å². The van der Waals surface area contributed by atoms with Gasteiger partial charge in [0.05, 0.1) is 17.5 Å². The van der Waals surface area contributed by atoms with Gasteiger partial charge in [0.25, 0.3) is 0 Å². The molecule has 21 heavy (non-hydrogen) atoms. The number of amides is 1. The van der Waals surface area contributed by atoms with Crippen molar-refractivity contribution in [3.63, 3.8) is 0 Å². The van der Waals surface area contributed by atoms with E-state index in [1.807, 2.05) is 30.5 Å². The zero-order valence-corrected chi connectivity index (χ0v) is 12.2. The maximum absolute atomic E-state index is 12.2. The third kappa shape index (κ3) is 3.05. The van der Waals surface area contributed by atoms with E-state index in [-0.39, 0.29) is 17.9 Å². The molecular weight excluding hydrogens is 264 g/mol. The summed E-state index contributed by atoms with van der Waals surface area (Å²) in [5.74, 6) is 0.0796. The summed E-state index contributed by atoms with van der Waals surface area (Å²) in [6, 6.07) is 10.1. The summed E-state index contributed by atoms with van der Waals surface area (Å²) >= 11 is 0. The molecule has 0 unspecified atom stereocenters. The zero-order valence-electron chi connectivity index (χ0n) is 12.2. The van der Waals surface area contributed by atoms with E-state index in [2.05, 4.69) is 23.3 Å². The molecule has 2 atom stereocenters. The van der Waals surface area contributed by atoms with Crippen LogP contribution in [0.4, 0.5) is 0 Å². The van der Waals surface area contributed by atoms with Crippen molar-refractivity contribution in [2.45, 2.75) is 32.4 Å². The molecule has 0 saturated carbocycles. The molecule has 1 saturated heterocycles. The number of para-hydroxylation sites is 1. The fourth-order valence-corrected chi connectivity index (χ4v) is 2.88. The molecular formula is C17H20N2O2. The highest BCUT2D eigenvalue weighted by Crippen LogP contribution is 2.23. The average molecular weight is 284 g/mol. The molecule has 1 aliphatic heterocycles. The second-order valence-corrected chi connectivity index (χ2v) is 5.47. The van der Waals surface area contributed by atoms with Crippen LogP contribution in [-0.2, 0) is 16.1 Å². The topological polar surface area (TPSA) is 51.2 Å². The maximum atomic E-state index is 12.2. The van der Waals surface area contributed by atoms with E-state index in [0.29, 0.717) is 13.2 Å². The minimum atomic E-state index is -0.0107. The highest BCUT2D eigenvalue weighted by Gasteiger charge is 2.32.